The highest BCUT2D eigenvalue weighted by Crippen LogP contribution is 2.42. The van der Waals surface area contributed by atoms with Crippen LogP contribution in [0, 0.1) is 0 Å². The Labute approximate surface area is 124 Å². The number of primary amides is 1. The first-order chi connectivity index (χ1) is 9.66. The fourth-order valence-corrected chi connectivity index (χ4v) is 4.35. The van der Waals surface area contributed by atoms with Gasteiger partial charge in [0.05, 0.1) is 14.8 Å². The third-order valence-electron chi connectivity index (χ3n) is 3.03. The van der Waals surface area contributed by atoms with E-state index in [-0.39, 0.29) is 5.91 Å². The summed E-state index contributed by atoms with van der Waals surface area (Å²) >= 11 is 3.01. The van der Waals surface area contributed by atoms with Crippen LogP contribution in [-0.4, -0.2) is 24.1 Å². The lowest BCUT2D eigenvalue weighted by Gasteiger charge is -2.26. The molecule has 0 spiro atoms. The molecule has 2 heterocycles. The van der Waals surface area contributed by atoms with E-state index in [9.17, 15) is 9.59 Å². The van der Waals surface area contributed by atoms with Crippen molar-refractivity contribution in [3.8, 4) is 0 Å². The molecule has 3 rings (SSSR count). The second-order valence-corrected chi connectivity index (χ2v) is 6.73. The van der Waals surface area contributed by atoms with Crippen molar-refractivity contribution in [3.05, 3.63) is 46.8 Å². The molecule has 1 aliphatic heterocycles. The smallest absolute Gasteiger partial charge is 0.258 e. The molecule has 2 aromatic rings. The van der Waals surface area contributed by atoms with Gasteiger partial charge in [0, 0.05) is 17.9 Å². The number of nitrogens with two attached hydrogens (primary N) is 1. The van der Waals surface area contributed by atoms with Crippen LogP contribution in [0.25, 0.3) is 0 Å². The maximum atomic E-state index is 12.5. The molecular formula is C14H12N2O2S2. The van der Waals surface area contributed by atoms with Crippen molar-refractivity contribution in [2.45, 2.75) is 4.21 Å². The maximum Gasteiger partial charge on any atom is 0.258 e. The molecule has 1 aromatic carbocycles. The second-order valence-electron chi connectivity index (χ2n) is 4.32. The third-order valence-corrected chi connectivity index (χ3v) is 5.42. The largest absolute Gasteiger partial charge is 0.365 e. The minimum atomic E-state index is -0.447. The van der Waals surface area contributed by atoms with E-state index in [1.807, 2.05) is 18.2 Å². The molecule has 0 radical (unpaired) electrons. The fourth-order valence-electron chi connectivity index (χ4n) is 2.08. The van der Waals surface area contributed by atoms with Crippen molar-refractivity contribution in [3.63, 3.8) is 0 Å². The molecular weight excluding hydrogens is 292 g/mol. The normalized spacial score (nSPS) is 13.9. The van der Waals surface area contributed by atoms with E-state index in [1.54, 1.807) is 34.9 Å². The molecule has 0 bridgehead atoms. The zero-order valence-corrected chi connectivity index (χ0v) is 12.2. The molecule has 0 fully saturated rings. The average Bonchev–Trinajstić information content (AvgIpc) is 2.91. The van der Waals surface area contributed by atoms with Crippen LogP contribution < -0.4 is 10.6 Å². The number of fused-ring (bicyclic) bond motifs is 1. The van der Waals surface area contributed by atoms with Gasteiger partial charge in [-0.15, -0.1) is 23.1 Å². The molecule has 2 amide bonds. The van der Waals surface area contributed by atoms with Gasteiger partial charge >= 0.3 is 0 Å². The number of benzene rings is 1. The number of rotatable bonds is 2. The van der Waals surface area contributed by atoms with E-state index < -0.39 is 5.91 Å². The van der Waals surface area contributed by atoms with Gasteiger partial charge in [0.2, 0.25) is 0 Å². The van der Waals surface area contributed by atoms with Gasteiger partial charge in [-0.25, -0.2) is 0 Å². The van der Waals surface area contributed by atoms with Crippen molar-refractivity contribution in [1.82, 2.24) is 0 Å². The van der Waals surface area contributed by atoms with Crippen molar-refractivity contribution < 1.29 is 9.59 Å². The number of thioether (sulfide) groups is 1. The third kappa shape index (κ3) is 2.32. The highest BCUT2D eigenvalue weighted by atomic mass is 32.2. The van der Waals surface area contributed by atoms with E-state index in [4.69, 9.17) is 5.73 Å². The van der Waals surface area contributed by atoms with Crippen LogP contribution in [0.2, 0.25) is 0 Å². The number of anilines is 1. The SMILES string of the molecule is NC(=O)c1cc2c(s1)SCCN2C(=O)c1ccccc1. The number of carbonyl (C=O) groups is 2. The standard InChI is InChI=1S/C14H12N2O2S2/c15-12(17)11-8-10-14(20-11)19-7-6-16(10)13(18)9-4-2-1-3-5-9/h1-5,8H,6-7H2,(H2,15,17). The van der Waals surface area contributed by atoms with Crippen LogP contribution >= 0.6 is 23.1 Å². The first-order valence-electron chi connectivity index (χ1n) is 6.10. The molecule has 0 aliphatic carbocycles. The van der Waals surface area contributed by atoms with E-state index in [1.165, 1.54) is 11.3 Å². The molecule has 102 valence electrons. The molecule has 0 unspecified atom stereocenters. The molecule has 4 nitrogen and oxygen atoms in total. The number of thiophene rings is 1. The molecule has 2 N–H and O–H groups in total. The van der Waals surface area contributed by atoms with Gasteiger partial charge < -0.3 is 10.6 Å². The van der Waals surface area contributed by atoms with Gasteiger partial charge in [-0.05, 0) is 18.2 Å². The Kier molecular flexibility index (Phi) is 3.50. The van der Waals surface area contributed by atoms with Crippen LogP contribution in [0.3, 0.4) is 0 Å². The van der Waals surface area contributed by atoms with E-state index in [2.05, 4.69) is 0 Å². The minimum Gasteiger partial charge on any atom is -0.365 e. The van der Waals surface area contributed by atoms with Crippen molar-refractivity contribution in [2.24, 2.45) is 5.73 Å². The fraction of sp³-hybridized carbons (Fsp3) is 0.143. The Morgan fingerprint density at radius 1 is 1.20 bits per heavy atom. The Balaban J connectivity index is 1.97. The number of hydrogen-bond donors (Lipinski definition) is 1. The Morgan fingerprint density at radius 3 is 2.65 bits per heavy atom. The monoisotopic (exact) mass is 304 g/mol. The predicted octanol–water partition coefficient (Wildman–Crippen LogP) is 2.60. The highest BCUT2D eigenvalue weighted by Gasteiger charge is 2.27. The molecule has 20 heavy (non-hydrogen) atoms. The Bertz CT molecular complexity index is 667. The summed E-state index contributed by atoms with van der Waals surface area (Å²) in [6.07, 6.45) is 0. The lowest BCUT2D eigenvalue weighted by Crippen LogP contribution is -2.34. The molecule has 1 aliphatic rings. The summed E-state index contributed by atoms with van der Waals surface area (Å²) in [5.41, 5.74) is 6.77. The van der Waals surface area contributed by atoms with Crippen LogP contribution in [0.5, 0.6) is 0 Å². The summed E-state index contributed by atoms with van der Waals surface area (Å²) in [5, 5.41) is 0. The van der Waals surface area contributed by atoms with Crippen LogP contribution in [0.4, 0.5) is 5.69 Å². The number of carbonyl (C=O) groups excluding carboxylic acids is 2. The maximum absolute atomic E-state index is 12.5. The van der Waals surface area contributed by atoms with Gasteiger partial charge in [-0.1, -0.05) is 18.2 Å². The Morgan fingerprint density at radius 2 is 1.95 bits per heavy atom. The van der Waals surface area contributed by atoms with Gasteiger partial charge in [0.1, 0.15) is 0 Å². The average molecular weight is 304 g/mol. The van der Waals surface area contributed by atoms with Crippen molar-refractivity contribution >= 4 is 40.6 Å². The summed E-state index contributed by atoms with van der Waals surface area (Å²) in [6.45, 7) is 0.639. The quantitative estimate of drug-likeness (QED) is 0.927. The minimum absolute atomic E-state index is 0.0408. The molecule has 0 saturated heterocycles. The summed E-state index contributed by atoms with van der Waals surface area (Å²) in [4.78, 5) is 26.1. The first kappa shape index (κ1) is 13.2. The zero-order chi connectivity index (χ0) is 14.1. The van der Waals surface area contributed by atoms with Gasteiger partial charge in [-0.3, -0.25) is 9.59 Å². The number of nitrogens with zero attached hydrogens (tertiary/aromatic N) is 1. The van der Waals surface area contributed by atoms with E-state index >= 15 is 0 Å². The van der Waals surface area contributed by atoms with E-state index in [0.29, 0.717) is 17.0 Å². The van der Waals surface area contributed by atoms with Gasteiger partial charge in [0.25, 0.3) is 11.8 Å². The topological polar surface area (TPSA) is 63.4 Å². The summed E-state index contributed by atoms with van der Waals surface area (Å²) in [7, 11) is 0. The van der Waals surface area contributed by atoms with Crippen molar-refractivity contribution in [1.29, 1.82) is 0 Å². The van der Waals surface area contributed by atoms with E-state index in [0.717, 1.165) is 15.6 Å². The molecule has 6 heteroatoms. The first-order valence-corrected chi connectivity index (χ1v) is 7.90. The van der Waals surface area contributed by atoms with Crippen LogP contribution in [-0.2, 0) is 0 Å². The number of amides is 2. The second kappa shape index (κ2) is 5.30. The zero-order valence-electron chi connectivity index (χ0n) is 10.5. The summed E-state index contributed by atoms with van der Waals surface area (Å²) in [5.74, 6) is 0.336. The van der Waals surface area contributed by atoms with Gasteiger partial charge in [0.15, 0.2) is 0 Å². The summed E-state index contributed by atoms with van der Waals surface area (Å²) < 4.78 is 0.981. The molecule has 0 saturated carbocycles. The van der Waals surface area contributed by atoms with Crippen LogP contribution in [0.1, 0.15) is 20.0 Å². The van der Waals surface area contributed by atoms with Crippen LogP contribution in [0.15, 0.2) is 40.6 Å². The predicted molar refractivity (Wildman–Crippen MR) is 81.7 cm³/mol. The Hall–Kier alpha value is -1.79. The molecule has 0 atom stereocenters. The molecule has 1 aromatic heterocycles. The highest BCUT2D eigenvalue weighted by molar-refractivity contribution is 8.01. The van der Waals surface area contributed by atoms with Gasteiger partial charge in [-0.2, -0.15) is 0 Å². The lowest BCUT2D eigenvalue weighted by molar-refractivity contribution is 0.0983. The number of hydrogen-bond acceptors (Lipinski definition) is 4. The lowest BCUT2D eigenvalue weighted by atomic mass is 10.2. The summed E-state index contributed by atoms with van der Waals surface area (Å²) in [6, 6.07) is 10.9. The van der Waals surface area contributed by atoms with Crippen molar-refractivity contribution in [2.75, 3.05) is 17.2 Å².